The molecule has 1 atom stereocenters. The van der Waals surface area contributed by atoms with Gasteiger partial charge in [-0.3, -0.25) is 4.79 Å². The number of anilines is 1. The number of benzene rings is 2. The maximum Gasteiger partial charge on any atom is 0.243 e. The molecule has 2 fully saturated rings. The van der Waals surface area contributed by atoms with Crippen molar-refractivity contribution < 1.29 is 22.7 Å². The van der Waals surface area contributed by atoms with Crippen LogP contribution in [0.5, 0.6) is 11.5 Å². The van der Waals surface area contributed by atoms with Gasteiger partial charge in [-0.05, 0) is 49.2 Å². The first-order valence-electron chi connectivity index (χ1n) is 11.2. The van der Waals surface area contributed by atoms with Gasteiger partial charge in [0.15, 0.2) is 0 Å². The van der Waals surface area contributed by atoms with Crippen LogP contribution in [0.15, 0.2) is 53.4 Å². The topological polar surface area (TPSA) is 79.4 Å². The molecule has 2 aliphatic rings. The Bertz CT molecular complexity index is 1070. The molecular formula is C24H31N3O5S. The quantitative estimate of drug-likeness (QED) is 0.641. The lowest BCUT2D eigenvalue weighted by Gasteiger charge is -2.39. The second kappa shape index (κ2) is 10.0. The number of carbonyl (C=O) groups is 1. The van der Waals surface area contributed by atoms with Gasteiger partial charge in [0.25, 0.3) is 0 Å². The van der Waals surface area contributed by atoms with Crippen LogP contribution in [0.2, 0.25) is 0 Å². The van der Waals surface area contributed by atoms with E-state index >= 15 is 0 Å². The second-order valence-electron chi connectivity index (χ2n) is 8.36. The lowest BCUT2D eigenvalue weighted by atomic mass is 9.97. The Kier molecular flexibility index (Phi) is 7.09. The summed E-state index contributed by atoms with van der Waals surface area (Å²) in [5.41, 5.74) is 1.03. The van der Waals surface area contributed by atoms with E-state index in [1.807, 2.05) is 29.2 Å². The van der Waals surface area contributed by atoms with Crippen molar-refractivity contribution in [3.8, 4) is 11.5 Å². The summed E-state index contributed by atoms with van der Waals surface area (Å²) in [5, 5.41) is 0. The van der Waals surface area contributed by atoms with Gasteiger partial charge in [-0.25, -0.2) is 8.42 Å². The summed E-state index contributed by atoms with van der Waals surface area (Å²) in [5.74, 6) is 1.16. The number of sulfonamides is 1. The van der Waals surface area contributed by atoms with Crippen LogP contribution < -0.4 is 14.4 Å². The summed E-state index contributed by atoms with van der Waals surface area (Å²) in [4.78, 5) is 17.6. The first-order valence-corrected chi connectivity index (χ1v) is 12.7. The van der Waals surface area contributed by atoms with Crippen LogP contribution in [-0.4, -0.2) is 77.0 Å². The van der Waals surface area contributed by atoms with E-state index in [1.54, 1.807) is 38.5 Å². The van der Waals surface area contributed by atoms with Gasteiger partial charge in [0.2, 0.25) is 15.9 Å². The minimum Gasteiger partial charge on any atom is -0.497 e. The normalized spacial score (nSPS) is 19.9. The van der Waals surface area contributed by atoms with E-state index in [9.17, 15) is 13.2 Å². The van der Waals surface area contributed by atoms with Crippen molar-refractivity contribution in [1.29, 1.82) is 0 Å². The van der Waals surface area contributed by atoms with Crippen LogP contribution in [0.3, 0.4) is 0 Å². The van der Waals surface area contributed by atoms with Crippen LogP contribution in [0.25, 0.3) is 0 Å². The number of piperidine rings is 1. The molecular weight excluding hydrogens is 442 g/mol. The average molecular weight is 474 g/mol. The summed E-state index contributed by atoms with van der Waals surface area (Å²) in [6.07, 6.45) is 1.38. The minimum absolute atomic E-state index is 0.0457. The molecule has 0 aromatic heterocycles. The molecule has 4 rings (SSSR count). The molecule has 2 aromatic rings. The number of hydrogen-bond donors (Lipinski definition) is 0. The molecule has 0 bridgehead atoms. The van der Waals surface area contributed by atoms with Crippen LogP contribution in [0.4, 0.5) is 5.69 Å². The molecule has 0 radical (unpaired) electrons. The molecule has 2 aliphatic heterocycles. The summed E-state index contributed by atoms with van der Waals surface area (Å²) in [7, 11) is -0.449. The van der Waals surface area contributed by atoms with E-state index < -0.39 is 10.0 Å². The molecule has 1 amide bonds. The van der Waals surface area contributed by atoms with Gasteiger partial charge in [0.1, 0.15) is 11.5 Å². The molecule has 0 N–H and O–H groups in total. The Hall–Kier alpha value is -2.78. The Morgan fingerprint density at radius 2 is 1.61 bits per heavy atom. The van der Waals surface area contributed by atoms with Gasteiger partial charge in [-0.1, -0.05) is 12.1 Å². The van der Waals surface area contributed by atoms with Crippen molar-refractivity contribution in [3.63, 3.8) is 0 Å². The highest BCUT2D eigenvalue weighted by molar-refractivity contribution is 7.89. The number of ether oxygens (including phenoxy) is 2. The molecule has 1 unspecified atom stereocenters. The number of carbonyl (C=O) groups excluding carboxylic acids is 1. The van der Waals surface area contributed by atoms with Crippen LogP contribution >= 0.6 is 0 Å². The number of piperazine rings is 1. The van der Waals surface area contributed by atoms with Crippen molar-refractivity contribution >= 4 is 21.6 Å². The molecule has 0 saturated carbocycles. The Labute approximate surface area is 195 Å². The molecule has 9 heteroatoms. The molecule has 0 aliphatic carbocycles. The predicted octanol–water partition coefficient (Wildman–Crippen LogP) is 2.45. The highest BCUT2D eigenvalue weighted by atomic mass is 32.2. The van der Waals surface area contributed by atoms with Gasteiger partial charge in [0, 0.05) is 39.3 Å². The van der Waals surface area contributed by atoms with Crippen molar-refractivity contribution in [2.45, 2.75) is 17.7 Å². The van der Waals surface area contributed by atoms with Crippen molar-refractivity contribution in [1.82, 2.24) is 9.21 Å². The van der Waals surface area contributed by atoms with E-state index in [4.69, 9.17) is 9.47 Å². The van der Waals surface area contributed by atoms with E-state index in [-0.39, 0.29) is 23.3 Å². The highest BCUT2D eigenvalue weighted by Gasteiger charge is 2.36. The average Bonchev–Trinajstić information content (AvgIpc) is 2.88. The number of hydrogen-bond acceptors (Lipinski definition) is 6. The van der Waals surface area contributed by atoms with Crippen LogP contribution in [-0.2, 0) is 14.8 Å². The van der Waals surface area contributed by atoms with Crippen LogP contribution in [0.1, 0.15) is 12.8 Å². The van der Waals surface area contributed by atoms with E-state index in [2.05, 4.69) is 4.90 Å². The first-order chi connectivity index (χ1) is 15.9. The number of amides is 1. The van der Waals surface area contributed by atoms with Crippen molar-refractivity contribution in [2.24, 2.45) is 5.92 Å². The number of nitrogens with zero attached hydrogens (tertiary/aromatic N) is 3. The second-order valence-corrected chi connectivity index (χ2v) is 10.3. The van der Waals surface area contributed by atoms with Gasteiger partial charge < -0.3 is 19.3 Å². The van der Waals surface area contributed by atoms with Gasteiger partial charge in [0.05, 0.1) is 30.7 Å². The lowest BCUT2D eigenvalue weighted by molar-refractivity contribution is -0.137. The molecule has 2 aromatic carbocycles. The monoisotopic (exact) mass is 473 g/mol. The van der Waals surface area contributed by atoms with E-state index in [0.717, 1.165) is 11.4 Å². The van der Waals surface area contributed by atoms with Crippen molar-refractivity contribution in [3.05, 3.63) is 48.5 Å². The maximum atomic E-state index is 13.3. The molecule has 2 saturated heterocycles. The maximum absolute atomic E-state index is 13.3. The summed E-state index contributed by atoms with van der Waals surface area (Å²) >= 11 is 0. The predicted molar refractivity (Wildman–Crippen MR) is 126 cm³/mol. The van der Waals surface area contributed by atoms with Crippen LogP contribution in [0, 0.1) is 5.92 Å². The standard InChI is InChI=1S/C24H31N3O5S/c1-31-20-9-11-21(12-10-20)33(29,30)27-13-5-6-19(18-27)24(28)26-16-14-25(15-17-26)22-7-3-4-8-23(22)32-2/h3-4,7-12,19H,5-6,13-18H2,1-2H3. The Morgan fingerprint density at radius 3 is 2.27 bits per heavy atom. The number of para-hydroxylation sites is 2. The zero-order valence-electron chi connectivity index (χ0n) is 19.1. The number of methoxy groups -OCH3 is 2. The fourth-order valence-electron chi connectivity index (χ4n) is 4.58. The van der Waals surface area contributed by atoms with Gasteiger partial charge in [-0.15, -0.1) is 0 Å². The SMILES string of the molecule is COc1ccc(S(=O)(=O)N2CCCC(C(=O)N3CCN(c4ccccc4OC)CC3)C2)cc1. The summed E-state index contributed by atoms with van der Waals surface area (Å²) in [6, 6.07) is 14.3. The highest BCUT2D eigenvalue weighted by Crippen LogP contribution is 2.30. The number of rotatable bonds is 6. The zero-order chi connectivity index (χ0) is 23.4. The van der Waals surface area contributed by atoms with Gasteiger partial charge >= 0.3 is 0 Å². The largest absolute Gasteiger partial charge is 0.497 e. The van der Waals surface area contributed by atoms with E-state index in [1.165, 1.54) is 4.31 Å². The first kappa shape index (κ1) is 23.4. The molecule has 2 heterocycles. The van der Waals surface area contributed by atoms with Crippen molar-refractivity contribution in [2.75, 3.05) is 58.4 Å². The third-order valence-electron chi connectivity index (χ3n) is 6.45. The zero-order valence-corrected chi connectivity index (χ0v) is 20.0. The summed E-state index contributed by atoms with van der Waals surface area (Å²) in [6.45, 7) is 3.30. The molecule has 0 spiro atoms. The van der Waals surface area contributed by atoms with E-state index in [0.29, 0.717) is 51.3 Å². The fourth-order valence-corrected chi connectivity index (χ4v) is 6.10. The third-order valence-corrected chi connectivity index (χ3v) is 8.33. The smallest absolute Gasteiger partial charge is 0.243 e. The Balaban J connectivity index is 1.39. The molecule has 178 valence electrons. The molecule has 33 heavy (non-hydrogen) atoms. The van der Waals surface area contributed by atoms with Gasteiger partial charge in [-0.2, -0.15) is 4.31 Å². The molecule has 8 nitrogen and oxygen atoms in total. The fraction of sp³-hybridized carbons (Fsp3) is 0.458. The third kappa shape index (κ3) is 4.94. The Morgan fingerprint density at radius 1 is 0.909 bits per heavy atom. The minimum atomic E-state index is -3.65. The summed E-state index contributed by atoms with van der Waals surface area (Å²) < 4.78 is 38.3. The lowest BCUT2D eigenvalue weighted by Crippen LogP contribution is -2.53.